The molecule has 0 saturated carbocycles. The normalized spacial score (nSPS) is 13.9. The first-order chi connectivity index (χ1) is 36.3. The summed E-state index contributed by atoms with van der Waals surface area (Å²) < 4.78 is 2.47. The number of pyridine rings is 1. The molecule has 0 fully saturated rings. The van der Waals surface area contributed by atoms with E-state index in [0.717, 1.165) is 16.9 Å². The summed E-state index contributed by atoms with van der Waals surface area (Å²) >= 11 is 0. The molecule has 77 heavy (non-hydrogen) atoms. The van der Waals surface area contributed by atoms with Gasteiger partial charge in [0.15, 0.2) is 8.07 Å². The highest BCUT2D eigenvalue weighted by Crippen LogP contribution is 2.42. The summed E-state index contributed by atoms with van der Waals surface area (Å²) in [4.78, 5) is 10.4. The van der Waals surface area contributed by atoms with Crippen molar-refractivity contribution in [1.29, 1.82) is 0 Å². The molecule has 0 atom stereocenters. The van der Waals surface area contributed by atoms with E-state index >= 15 is 0 Å². The molecule has 0 unspecified atom stereocenters. The fourth-order valence-electron chi connectivity index (χ4n) is 12.0. The molecule has 5 heteroatoms. The number of nitrogens with zero attached hydrogens (tertiary/aromatic N) is 4. The lowest BCUT2D eigenvalue weighted by Gasteiger charge is -2.38. The van der Waals surface area contributed by atoms with Gasteiger partial charge in [-0.05, 0) is 142 Å². The van der Waals surface area contributed by atoms with Crippen molar-refractivity contribution in [3.63, 3.8) is 0 Å². The number of hydrogen-bond donors (Lipinski definition) is 0. The van der Waals surface area contributed by atoms with Crippen molar-refractivity contribution >= 4 is 62.0 Å². The van der Waals surface area contributed by atoms with Crippen molar-refractivity contribution in [2.24, 2.45) is 5.41 Å². The molecule has 1 aliphatic heterocycles. The highest BCUT2D eigenvalue weighted by atomic mass is 28.3. The molecule has 10 rings (SSSR count). The quantitative estimate of drug-likeness (QED) is 0.101. The van der Waals surface area contributed by atoms with Gasteiger partial charge >= 0.3 is 0 Å². The van der Waals surface area contributed by atoms with Crippen LogP contribution >= 0.6 is 0 Å². The van der Waals surface area contributed by atoms with Crippen LogP contribution in [0.4, 0.5) is 11.4 Å². The van der Waals surface area contributed by atoms with Crippen LogP contribution in [0.15, 0.2) is 188 Å². The molecule has 0 bridgehead atoms. The SMILES string of the molecule is CC(C)c1cccc(C(C)C)c1-c1ccnc(-n2c3ccc(C(C)(C)C)cc3c3ccc([Si](c4ccccc4)(c4ccccc4)c4cc(N5CN(c6cccc(C(C)(C)C)c6)C=C5C(C)(C)C)cc(C(C)(C)C)c4)cc32)c1. The first-order valence-corrected chi connectivity index (χ1v) is 30.2. The summed E-state index contributed by atoms with van der Waals surface area (Å²) in [5, 5.41) is 7.86. The summed E-state index contributed by atoms with van der Waals surface area (Å²) in [6, 6.07) is 65.8. The van der Waals surface area contributed by atoms with Crippen LogP contribution in [0.5, 0.6) is 0 Å². The van der Waals surface area contributed by atoms with Gasteiger partial charge in [-0.1, -0.05) is 226 Å². The first-order valence-electron chi connectivity index (χ1n) is 28.2. The lowest BCUT2D eigenvalue weighted by atomic mass is 9.85. The van der Waals surface area contributed by atoms with E-state index in [4.69, 9.17) is 4.98 Å². The second-order valence-corrected chi connectivity index (χ2v) is 30.5. The zero-order valence-electron chi connectivity index (χ0n) is 49.0. The predicted octanol–water partition coefficient (Wildman–Crippen LogP) is 16.5. The lowest BCUT2D eigenvalue weighted by molar-refractivity contribution is 0.492. The summed E-state index contributed by atoms with van der Waals surface area (Å²) in [7, 11) is -3.20. The van der Waals surface area contributed by atoms with Crippen molar-refractivity contribution in [3.05, 3.63) is 216 Å². The van der Waals surface area contributed by atoms with E-state index in [9.17, 15) is 0 Å². The Morgan fingerprint density at radius 3 is 1.61 bits per heavy atom. The maximum Gasteiger partial charge on any atom is 0.179 e. The monoisotopic (exact) mass is 1030 g/mol. The fraction of sp³-hybridized carbons (Fsp3) is 0.319. The molecule has 0 amide bonds. The minimum absolute atomic E-state index is 0.0299. The largest absolute Gasteiger partial charge is 0.328 e. The Morgan fingerprint density at radius 2 is 1.03 bits per heavy atom. The summed E-state index contributed by atoms with van der Waals surface area (Å²) in [5.41, 5.74) is 15.0. The van der Waals surface area contributed by atoms with E-state index in [2.05, 4.69) is 301 Å². The number of benzene rings is 7. The van der Waals surface area contributed by atoms with Gasteiger partial charge in [0.2, 0.25) is 0 Å². The van der Waals surface area contributed by atoms with Crippen molar-refractivity contribution in [3.8, 4) is 16.9 Å². The lowest BCUT2D eigenvalue weighted by Crippen LogP contribution is -2.74. The minimum atomic E-state index is -3.20. The smallest absolute Gasteiger partial charge is 0.179 e. The molecular formula is C72H82N4Si. The molecule has 0 N–H and O–H groups in total. The van der Waals surface area contributed by atoms with Crippen molar-refractivity contribution < 1.29 is 0 Å². The fourth-order valence-corrected chi connectivity index (χ4v) is 16.8. The Morgan fingerprint density at radius 1 is 0.442 bits per heavy atom. The Kier molecular flexibility index (Phi) is 13.7. The third kappa shape index (κ3) is 9.90. The van der Waals surface area contributed by atoms with E-state index in [1.165, 1.54) is 87.5 Å². The van der Waals surface area contributed by atoms with Crippen molar-refractivity contribution in [2.75, 3.05) is 16.5 Å². The second kappa shape index (κ2) is 19.8. The molecule has 1 aliphatic rings. The van der Waals surface area contributed by atoms with Gasteiger partial charge in [-0.2, -0.15) is 0 Å². The van der Waals surface area contributed by atoms with E-state index in [0.29, 0.717) is 18.5 Å². The van der Waals surface area contributed by atoms with Crippen LogP contribution in [-0.4, -0.2) is 24.3 Å². The third-order valence-corrected chi connectivity index (χ3v) is 21.0. The average Bonchev–Trinajstić information content (AvgIpc) is 4.00. The standard InChI is InChI=1S/C72H82N4Si/c1-48(2)60-31-24-32-61(49(3)4)68(60)50-37-38-73-67(39-50)76-64-36-33-52(70(8,9)10)43-63(64)62-35-34-58(45-65(62)76)77(56-27-19-17-20-28-56,57-29-21-18-22-30-57)59-42-53(71(11,12)13)41-55(44-59)75-47-74(46-66(75)72(14,15)16)54-26-23-25-51(40-54)69(5,6)7/h17-46,48-49H,47H2,1-16H3. The molecule has 7 aromatic carbocycles. The predicted molar refractivity (Wildman–Crippen MR) is 336 cm³/mol. The maximum atomic E-state index is 5.32. The number of fused-ring (bicyclic) bond motifs is 3. The zero-order chi connectivity index (χ0) is 55.0. The Balaban J connectivity index is 1.27. The van der Waals surface area contributed by atoms with Crippen molar-refractivity contribution in [1.82, 2.24) is 9.55 Å². The number of aromatic nitrogens is 2. The topological polar surface area (TPSA) is 24.3 Å². The van der Waals surface area contributed by atoms with Gasteiger partial charge in [-0.3, -0.25) is 4.57 Å². The van der Waals surface area contributed by atoms with E-state index in [1.54, 1.807) is 0 Å². The molecule has 0 saturated heterocycles. The van der Waals surface area contributed by atoms with Crippen LogP contribution < -0.4 is 30.5 Å². The maximum absolute atomic E-state index is 5.32. The van der Waals surface area contributed by atoms with Crippen LogP contribution in [-0.2, 0) is 16.2 Å². The molecule has 9 aromatic rings. The van der Waals surface area contributed by atoms with Crippen molar-refractivity contribution in [2.45, 2.75) is 139 Å². The Labute approximate surface area is 462 Å². The highest BCUT2D eigenvalue weighted by molar-refractivity contribution is 7.20. The Bertz CT molecular complexity index is 3600. The van der Waals surface area contributed by atoms with Gasteiger partial charge in [0.25, 0.3) is 0 Å². The zero-order valence-corrected chi connectivity index (χ0v) is 50.0. The summed E-state index contributed by atoms with van der Waals surface area (Å²) in [5.74, 6) is 1.65. The number of anilines is 2. The molecule has 4 nitrogen and oxygen atoms in total. The van der Waals surface area contributed by atoms with Crippen LogP contribution in [0.2, 0.25) is 0 Å². The molecule has 0 radical (unpaired) electrons. The first kappa shape index (κ1) is 53.4. The van der Waals surface area contributed by atoms with Gasteiger partial charge in [0.1, 0.15) is 5.82 Å². The molecule has 3 heterocycles. The average molecular weight is 1030 g/mol. The van der Waals surface area contributed by atoms with Gasteiger partial charge in [-0.15, -0.1) is 0 Å². The third-order valence-electron chi connectivity index (χ3n) is 16.3. The molecule has 394 valence electrons. The second-order valence-electron chi connectivity index (χ2n) is 26.7. The van der Waals surface area contributed by atoms with E-state index in [1.807, 2.05) is 6.20 Å². The summed E-state index contributed by atoms with van der Waals surface area (Å²) in [6.45, 7) is 38.0. The minimum Gasteiger partial charge on any atom is -0.328 e. The van der Waals surface area contributed by atoms with Gasteiger partial charge in [0, 0.05) is 45.7 Å². The molecular weight excluding hydrogens is 949 g/mol. The van der Waals surface area contributed by atoms with E-state index in [-0.39, 0.29) is 21.7 Å². The molecule has 0 spiro atoms. The van der Waals surface area contributed by atoms with E-state index < -0.39 is 8.07 Å². The van der Waals surface area contributed by atoms with Crippen LogP contribution in [0.1, 0.15) is 150 Å². The van der Waals surface area contributed by atoms with Crippen LogP contribution in [0.3, 0.4) is 0 Å². The highest BCUT2D eigenvalue weighted by Gasteiger charge is 2.44. The number of rotatable bonds is 10. The number of hydrogen-bond acceptors (Lipinski definition) is 3. The molecule has 2 aromatic heterocycles. The summed E-state index contributed by atoms with van der Waals surface area (Å²) in [6.07, 6.45) is 4.45. The number of allylic oxidation sites excluding steroid dienone is 1. The van der Waals surface area contributed by atoms with Crippen LogP contribution in [0, 0.1) is 5.41 Å². The molecule has 0 aliphatic carbocycles. The van der Waals surface area contributed by atoms with Gasteiger partial charge in [0.05, 0.1) is 17.7 Å². The Hall–Kier alpha value is -6.95. The van der Waals surface area contributed by atoms with Gasteiger partial charge in [-0.25, -0.2) is 4.98 Å². The van der Waals surface area contributed by atoms with Crippen LogP contribution in [0.25, 0.3) is 38.8 Å². The van der Waals surface area contributed by atoms with Gasteiger partial charge < -0.3 is 9.80 Å².